The van der Waals surface area contributed by atoms with Crippen LogP contribution in [0, 0.1) is 0 Å². The number of anilines is 1. The van der Waals surface area contributed by atoms with Crippen LogP contribution >= 0.6 is 39.1 Å². The molecule has 2 heterocycles. The maximum atomic E-state index is 6.51. The summed E-state index contributed by atoms with van der Waals surface area (Å²) in [7, 11) is 3.76. The average molecular weight is 538 g/mol. The largest absolute Gasteiger partial charge is 0.497 e. The molecule has 1 saturated heterocycles. The van der Waals surface area contributed by atoms with Gasteiger partial charge in [-0.05, 0) is 46.7 Å². The Labute approximate surface area is 206 Å². The second-order valence-electron chi connectivity index (χ2n) is 7.52. The summed E-state index contributed by atoms with van der Waals surface area (Å²) in [6.45, 7) is 3.96. The number of piperazine rings is 1. The number of ether oxygens (including phenoxy) is 2. The molecular formula is C23H23BrCl2N4O2. The summed E-state index contributed by atoms with van der Waals surface area (Å²) in [5, 5.41) is 0.864. The highest BCUT2D eigenvalue weighted by molar-refractivity contribution is 9.10. The van der Waals surface area contributed by atoms with Crippen LogP contribution in [0.25, 0.3) is 11.3 Å². The van der Waals surface area contributed by atoms with Gasteiger partial charge in [-0.25, -0.2) is 4.98 Å². The predicted molar refractivity (Wildman–Crippen MR) is 132 cm³/mol. The van der Waals surface area contributed by atoms with E-state index in [1.165, 1.54) is 0 Å². The smallest absolute Gasteiger partial charge is 0.243 e. The van der Waals surface area contributed by atoms with Gasteiger partial charge in [-0.2, -0.15) is 4.98 Å². The van der Waals surface area contributed by atoms with E-state index in [1.54, 1.807) is 13.2 Å². The Morgan fingerprint density at radius 2 is 1.72 bits per heavy atom. The van der Waals surface area contributed by atoms with Crippen LogP contribution < -0.4 is 14.4 Å². The Morgan fingerprint density at radius 3 is 2.41 bits per heavy atom. The molecule has 32 heavy (non-hydrogen) atoms. The standard InChI is InChI=1S/C23H23BrCl2N4O2/c1-29-10-12-30(13-11-29)22-21(24)27-20(17-4-3-5-18(25)19(17)26)23(28-22)32-14-15-6-8-16(31-2)9-7-15/h3-9H,10-14H2,1-2H3. The van der Waals surface area contributed by atoms with Crippen LogP contribution in [0.3, 0.4) is 0 Å². The molecule has 1 fully saturated rings. The zero-order valence-corrected chi connectivity index (χ0v) is 20.9. The fourth-order valence-corrected chi connectivity index (χ4v) is 4.35. The molecule has 0 aliphatic carbocycles. The van der Waals surface area contributed by atoms with E-state index in [0.29, 0.717) is 38.4 Å². The number of likely N-dealkylation sites (N-methyl/N-ethyl adjacent to an activating group) is 1. The summed E-state index contributed by atoms with van der Waals surface area (Å²) < 4.78 is 12.1. The second-order valence-corrected chi connectivity index (χ2v) is 9.06. The first-order chi connectivity index (χ1) is 15.5. The van der Waals surface area contributed by atoms with Gasteiger partial charge >= 0.3 is 0 Å². The van der Waals surface area contributed by atoms with Crippen LogP contribution in [-0.2, 0) is 6.61 Å². The molecule has 1 aromatic heterocycles. The fraction of sp³-hybridized carbons (Fsp3) is 0.304. The van der Waals surface area contributed by atoms with Crippen molar-refractivity contribution in [3.05, 3.63) is 62.7 Å². The van der Waals surface area contributed by atoms with Crippen molar-refractivity contribution < 1.29 is 9.47 Å². The summed E-state index contributed by atoms with van der Waals surface area (Å²) >= 11 is 16.4. The van der Waals surface area contributed by atoms with Crippen LogP contribution in [0.4, 0.5) is 5.82 Å². The fourth-order valence-electron chi connectivity index (χ4n) is 3.45. The van der Waals surface area contributed by atoms with Crippen molar-refractivity contribution in [3.8, 4) is 22.9 Å². The average Bonchev–Trinajstić information content (AvgIpc) is 2.81. The zero-order valence-electron chi connectivity index (χ0n) is 17.8. The van der Waals surface area contributed by atoms with Crippen LogP contribution in [0.5, 0.6) is 11.6 Å². The Morgan fingerprint density at radius 1 is 1.00 bits per heavy atom. The summed E-state index contributed by atoms with van der Waals surface area (Å²) in [5.41, 5.74) is 2.19. The van der Waals surface area contributed by atoms with Crippen LogP contribution in [0.2, 0.25) is 10.0 Å². The maximum absolute atomic E-state index is 6.51. The monoisotopic (exact) mass is 536 g/mol. The third kappa shape index (κ3) is 5.12. The minimum absolute atomic E-state index is 0.327. The number of benzene rings is 2. The van der Waals surface area contributed by atoms with E-state index in [0.717, 1.165) is 43.3 Å². The molecule has 9 heteroatoms. The molecule has 0 amide bonds. The summed E-state index contributed by atoms with van der Waals surface area (Å²) in [4.78, 5) is 14.2. The van der Waals surface area contributed by atoms with Crippen molar-refractivity contribution >= 4 is 44.9 Å². The molecule has 0 radical (unpaired) electrons. The molecule has 1 aliphatic heterocycles. The van der Waals surface area contributed by atoms with Crippen molar-refractivity contribution in [3.63, 3.8) is 0 Å². The van der Waals surface area contributed by atoms with Gasteiger partial charge in [0.1, 0.15) is 22.7 Å². The number of halogens is 3. The molecule has 3 aromatic rings. The SMILES string of the molecule is COc1ccc(COc2nc(N3CCN(C)CC3)c(Br)nc2-c2cccc(Cl)c2Cl)cc1. The highest BCUT2D eigenvalue weighted by atomic mass is 79.9. The molecule has 0 unspecified atom stereocenters. The summed E-state index contributed by atoms with van der Waals surface area (Å²) in [5.74, 6) is 1.95. The molecule has 0 saturated carbocycles. The number of rotatable bonds is 6. The van der Waals surface area contributed by atoms with Gasteiger partial charge in [-0.3, -0.25) is 0 Å². The summed E-state index contributed by atoms with van der Waals surface area (Å²) in [6.07, 6.45) is 0. The van der Waals surface area contributed by atoms with Crippen molar-refractivity contribution in [2.45, 2.75) is 6.61 Å². The van der Waals surface area contributed by atoms with E-state index in [4.69, 9.17) is 42.6 Å². The molecule has 2 aromatic carbocycles. The first-order valence-corrected chi connectivity index (χ1v) is 11.7. The first-order valence-electron chi connectivity index (χ1n) is 10.2. The maximum Gasteiger partial charge on any atom is 0.243 e. The van der Waals surface area contributed by atoms with E-state index < -0.39 is 0 Å². The number of hydrogen-bond acceptors (Lipinski definition) is 6. The zero-order chi connectivity index (χ0) is 22.7. The molecule has 0 spiro atoms. The topological polar surface area (TPSA) is 50.7 Å². The second kappa shape index (κ2) is 10.3. The molecule has 0 atom stereocenters. The van der Waals surface area contributed by atoms with Gasteiger partial charge in [0.2, 0.25) is 5.88 Å². The molecule has 0 N–H and O–H groups in total. The highest BCUT2D eigenvalue weighted by Gasteiger charge is 2.23. The third-order valence-corrected chi connectivity index (χ3v) is 6.70. The van der Waals surface area contributed by atoms with Crippen LogP contribution in [-0.4, -0.2) is 55.2 Å². The van der Waals surface area contributed by atoms with Gasteiger partial charge in [0.15, 0.2) is 5.82 Å². The Hall–Kier alpha value is -2.06. The predicted octanol–water partition coefficient (Wildman–Crippen LogP) is 5.55. The van der Waals surface area contributed by atoms with E-state index in [-0.39, 0.29) is 0 Å². The summed E-state index contributed by atoms with van der Waals surface area (Å²) in [6, 6.07) is 13.2. The van der Waals surface area contributed by atoms with Gasteiger partial charge in [0.25, 0.3) is 0 Å². The van der Waals surface area contributed by atoms with Gasteiger partial charge < -0.3 is 19.3 Å². The van der Waals surface area contributed by atoms with Crippen LogP contribution in [0.15, 0.2) is 47.1 Å². The number of nitrogens with zero attached hydrogens (tertiary/aromatic N) is 4. The molecule has 4 rings (SSSR count). The van der Waals surface area contributed by atoms with E-state index in [9.17, 15) is 0 Å². The Bertz CT molecular complexity index is 1090. The van der Waals surface area contributed by atoms with Gasteiger partial charge in [-0.15, -0.1) is 0 Å². The van der Waals surface area contributed by atoms with Crippen molar-refractivity contribution in [1.82, 2.24) is 14.9 Å². The van der Waals surface area contributed by atoms with Gasteiger partial charge in [0, 0.05) is 31.7 Å². The molecule has 6 nitrogen and oxygen atoms in total. The lowest BCUT2D eigenvalue weighted by molar-refractivity contribution is 0.291. The third-order valence-electron chi connectivity index (χ3n) is 5.35. The van der Waals surface area contributed by atoms with Gasteiger partial charge in [0.05, 0.1) is 17.2 Å². The first kappa shape index (κ1) is 23.1. The van der Waals surface area contributed by atoms with E-state index in [2.05, 4.69) is 32.8 Å². The van der Waals surface area contributed by atoms with E-state index in [1.807, 2.05) is 36.4 Å². The molecule has 1 aliphatic rings. The highest BCUT2D eigenvalue weighted by Crippen LogP contribution is 2.39. The number of aromatic nitrogens is 2. The normalized spacial score (nSPS) is 14.5. The minimum atomic E-state index is 0.327. The Kier molecular flexibility index (Phi) is 7.40. The molecular weight excluding hydrogens is 515 g/mol. The van der Waals surface area contributed by atoms with Crippen LogP contribution in [0.1, 0.15) is 5.56 Å². The molecule has 0 bridgehead atoms. The molecule has 168 valence electrons. The lowest BCUT2D eigenvalue weighted by atomic mass is 10.1. The van der Waals surface area contributed by atoms with Gasteiger partial charge in [-0.1, -0.05) is 47.5 Å². The van der Waals surface area contributed by atoms with E-state index >= 15 is 0 Å². The number of methoxy groups -OCH3 is 1. The lowest BCUT2D eigenvalue weighted by Crippen LogP contribution is -2.45. The van der Waals surface area contributed by atoms with Crippen molar-refractivity contribution in [2.24, 2.45) is 0 Å². The quantitative estimate of drug-likeness (QED) is 0.410. The van der Waals surface area contributed by atoms with Crippen molar-refractivity contribution in [2.75, 3.05) is 45.2 Å². The Balaban J connectivity index is 1.70. The van der Waals surface area contributed by atoms with Crippen molar-refractivity contribution in [1.29, 1.82) is 0 Å². The minimum Gasteiger partial charge on any atom is -0.497 e. The lowest BCUT2D eigenvalue weighted by Gasteiger charge is -2.33. The number of hydrogen-bond donors (Lipinski definition) is 0.